The molecule has 2 bridgehead atoms. The Hall–Kier alpha value is -4.85. The standard InChI is InChI=1S/C38H52N8O6/c1-26(2)21-30-37(50)46-20-16-32(47)34(46)38(51)44(3)31(22-27-13-12-17-39-23-27)36(49)40-18-10-6-4-5-7-11-19-45-24-28(42-43-45)25-52-33-15-9-8-14-29(33)35(48)41-30/h8-9,12-15,17,23-24,26,30-32,34,47H,4-7,10-11,16,18-22,25H2,1-3H3,(H,40,49)(H,41,48)/t30-,31+,32+,34-/m1/s1. The van der Waals surface area contributed by atoms with Crippen molar-refractivity contribution in [1.82, 2.24) is 40.4 Å². The summed E-state index contributed by atoms with van der Waals surface area (Å²) in [5, 5.41) is 25.5. The molecule has 0 radical (unpaired) electrons. The van der Waals surface area contributed by atoms with Crippen LogP contribution in [0.1, 0.15) is 86.8 Å². The Morgan fingerprint density at radius 2 is 1.73 bits per heavy atom. The quantitative estimate of drug-likeness (QED) is 0.367. The number of hydrogen-bond donors (Lipinski definition) is 3. The highest BCUT2D eigenvalue weighted by molar-refractivity contribution is 6.00. The van der Waals surface area contributed by atoms with Gasteiger partial charge in [-0.05, 0) is 55.4 Å². The second-order valence-corrected chi connectivity index (χ2v) is 14.2. The third kappa shape index (κ3) is 10.1. The van der Waals surface area contributed by atoms with Crippen LogP contribution in [-0.2, 0) is 34.0 Å². The number of hydrogen-bond acceptors (Lipinski definition) is 9. The van der Waals surface area contributed by atoms with Gasteiger partial charge in [-0.2, -0.15) is 0 Å². The van der Waals surface area contributed by atoms with Crippen molar-refractivity contribution in [3.05, 3.63) is 71.8 Å². The van der Waals surface area contributed by atoms with Gasteiger partial charge in [0.05, 0.1) is 17.9 Å². The van der Waals surface area contributed by atoms with E-state index in [9.17, 15) is 24.3 Å². The van der Waals surface area contributed by atoms with Gasteiger partial charge >= 0.3 is 0 Å². The van der Waals surface area contributed by atoms with Crippen LogP contribution < -0.4 is 15.4 Å². The molecule has 2 aromatic heterocycles. The molecule has 280 valence electrons. The first-order chi connectivity index (χ1) is 25.1. The molecule has 14 heteroatoms. The van der Waals surface area contributed by atoms with Crippen LogP contribution >= 0.6 is 0 Å². The van der Waals surface area contributed by atoms with E-state index in [4.69, 9.17) is 4.74 Å². The molecule has 1 saturated heterocycles. The van der Waals surface area contributed by atoms with Crippen LogP contribution in [0.5, 0.6) is 5.75 Å². The average Bonchev–Trinajstić information content (AvgIpc) is 3.76. The van der Waals surface area contributed by atoms with Gasteiger partial charge in [0, 0.05) is 45.5 Å². The molecule has 14 nitrogen and oxygen atoms in total. The van der Waals surface area contributed by atoms with Crippen molar-refractivity contribution in [2.24, 2.45) is 5.92 Å². The zero-order chi connectivity index (χ0) is 37.0. The van der Waals surface area contributed by atoms with E-state index in [1.807, 2.05) is 26.1 Å². The number of ether oxygens (including phenoxy) is 1. The Morgan fingerprint density at radius 1 is 0.962 bits per heavy atom. The van der Waals surface area contributed by atoms with Crippen molar-refractivity contribution in [2.75, 3.05) is 20.1 Å². The van der Waals surface area contributed by atoms with Crippen molar-refractivity contribution in [3.8, 4) is 5.75 Å². The third-order valence-electron chi connectivity index (χ3n) is 9.69. The first kappa shape index (κ1) is 38.4. The molecule has 5 rings (SSSR count). The fourth-order valence-corrected chi connectivity index (χ4v) is 6.84. The number of fused-ring (bicyclic) bond motifs is 4. The summed E-state index contributed by atoms with van der Waals surface area (Å²) < 4.78 is 7.83. The molecule has 2 aliphatic rings. The average molecular weight is 717 g/mol. The van der Waals surface area contributed by atoms with Crippen LogP contribution in [0.15, 0.2) is 55.0 Å². The molecule has 1 fully saturated rings. The van der Waals surface area contributed by atoms with Crippen LogP contribution in [0.4, 0.5) is 0 Å². The van der Waals surface area contributed by atoms with Gasteiger partial charge in [-0.15, -0.1) is 5.10 Å². The molecular weight excluding hydrogens is 664 g/mol. The first-order valence-electron chi connectivity index (χ1n) is 18.5. The highest BCUT2D eigenvalue weighted by atomic mass is 16.5. The van der Waals surface area contributed by atoms with E-state index < -0.39 is 42.0 Å². The smallest absolute Gasteiger partial charge is 0.255 e. The van der Waals surface area contributed by atoms with Crippen molar-refractivity contribution in [1.29, 1.82) is 0 Å². The molecule has 52 heavy (non-hydrogen) atoms. The predicted molar refractivity (Wildman–Crippen MR) is 193 cm³/mol. The van der Waals surface area contributed by atoms with Crippen LogP contribution in [0.25, 0.3) is 0 Å². The number of likely N-dealkylation sites (N-methyl/N-ethyl adjacent to an activating group) is 1. The number of rotatable bonds is 4. The lowest BCUT2D eigenvalue weighted by atomic mass is 10.0. The molecule has 4 heterocycles. The minimum atomic E-state index is -1.23. The maximum Gasteiger partial charge on any atom is 0.255 e. The molecule has 3 N–H and O–H groups in total. The van der Waals surface area contributed by atoms with E-state index >= 15 is 0 Å². The maximum absolute atomic E-state index is 14.3. The highest BCUT2D eigenvalue weighted by Gasteiger charge is 2.46. The third-order valence-corrected chi connectivity index (χ3v) is 9.69. The van der Waals surface area contributed by atoms with Gasteiger partial charge < -0.3 is 30.3 Å². The van der Waals surface area contributed by atoms with Crippen LogP contribution in [0.3, 0.4) is 0 Å². The molecule has 4 atom stereocenters. The van der Waals surface area contributed by atoms with Crippen LogP contribution in [0, 0.1) is 5.92 Å². The monoisotopic (exact) mass is 716 g/mol. The summed E-state index contributed by atoms with van der Waals surface area (Å²) in [6.07, 6.45) is 10.5. The fourth-order valence-electron chi connectivity index (χ4n) is 6.84. The van der Waals surface area contributed by atoms with Gasteiger partial charge in [0.25, 0.3) is 5.91 Å². The number of amides is 4. The maximum atomic E-state index is 14.3. The Morgan fingerprint density at radius 3 is 2.50 bits per heavy atom. The number of pyridine rings is 1. The fraction of sp³-hybridized carbons (Fsp3) is 0.553. The number of nitrogens with one attached hydrogen (secondary N) is 2. The second-order valence-electron chi connectivity index (χ2n) is 14.2. The van der Waals surface area contributed by atoms with Crippen LogP contribution in [0.2, 0.25) is 0 Å². The van der Waals surface area contributed by atoms with Gasteiger partial charge in [-0.1, -0.05) is 62.9 Å². The first-order valence-corrected chi connectivity index (χ1v) is 18.5. The summed E-state index contributed by atoms with van der Waals surface area (Å²) in [6.45, 7) is 5.30. The number of para-hydroxylation sites is 1. The lowest BCUT2D eigenvalue weighted by Crippen LogP contribution is -2.59. The number of aryl methyl sites for hydroxylation is 1. The minimum Gasteiger partial charge on any atom is -0.486 e. The van der Waals surface area contributed by atoms with Crippen LogP contribution in [-0.4, -0.2) is 103 Å². The SMILES string of the molecule is CC(C)C[C@H]1NC(=O)c2ccccc2OCc2cn(nn2)CCCCCCCCNC(=O)[C@H](Cc2cccnc2)N(C)C(=O)[C@H]2[C@@H](O)CCN2C1=O. The Balaban J connectivity index is 1.42. The van der Waals surface area contributed by atoms with Crippen molar-refractivity contribution in [2.45, 2.75) is 109 Å². The van der Waals surface area contributed by atoms with E-state index in [2.05, 4.69) is 25.9 Å². The summed E-state index contributed by atoms with van der Waals surface area (Å²) in [5.41, 5.74) is 1.64. The van der Waals surface area contributed by atoms with Crippen molar-refractivity contribution < 1.29 is 29.0 Å². The lowest BCUT2D eigenvalue weighted by Gasteiger charge is -2.35. The molecule has 4 amide bonds. The molecule has 0 spiro atoms. The number of nitrogens with zero attached hydrogens (tertiary/aromatic N) is 6. The van der Waals surface area contributed by atoms with Gasteiger partial charge in [0.15, 0.2) is 0 Å². The summed E-state index contributed by atoms with van der Waals surface area (Å²) in [4.78, 5) is 62.9. The number of carbonyl (C=O) groups excluding carboxylic acids is 4. The topological polar surface area (TPSA) is 172 Å². The van der Waals surface area contributed by atoms with Gasteiger partial charge in [0.1, 0.15) is 36.2 Å². The summed E-state index contributed by atoms with van der Waals surface area (Å²) in [7, 11) is 1.54. The normalized spacial score (nSPS) is 23.4. The van der Waals surface area contributed by atoms with E-state index in [1.54, 1.807) is 47.4 Å². The summed E-state index contributed by atoms with van der Waals surface area (Å²) in [6, 6.07) is 7.30. The lowest BCUT2D eigenvalue weighted by molar-refractivity contribution is -0.150. The van der Waals surface area contributed by atoms with E-state index in [1.165, 1.54) is 16.8 Å². The second kappa shape index (κ2) is 18.6. The minimum absolute atomic E-state index is 0.0144. The largest absolute Gasteiger partial charge is 0.486 e. The Labute approximate surface area is 305 Å². The number of aliphatic hydroxyl groups is 1. The number of benzene rings is 1. The Bertz CT molecular complexity index is 1650. The van der Waals surface area contributed by atoms with E-state index in [-0.39, 0.29) is 43.4 Å². The highest BCUT2D eigenvalue weighted by Crippen LogP contribution is 2.25. The van der Waals surface area contributed by atoms with Gasteiger partial charge in [-0.3, -0.25) is 28.8 Å². The van der Waals surface area contributed by atoms with Crippen molar-refractivity contribution in [3.63, 3.8) is 0 Å². The van der Waals surface area contributed by atoms with Crippen molar-refractivity contribution >= 4 is 23.6 Å². The molecule has 3 aromatic rings. The van der Waals surface area contributed by atoms with Gasteiger partial charge in [0.2, 0.25) is 17.7 Å². The zero-order valence-electron chi connectivity index (χ0n) is 30.4. The molecule has 1 aromatic carbocycles. The number of aromatic nitrogens is 4. The molecule has 0 unspecified atom stereocenters. The number of carbonyl (C=O) groups is 4. The molecule has 0 aliphatic carbocycles. The molecule has 0 saturated carbocycles. The Kier molecular flexibility index (Phi) is 13.7. The summed E-state index contributed by atoms with van der Waals surface area (Å²) in [5.74, 6) is -1.50. The predicted octanol–water partition coefficient (Wildman–Crippen LogP) is 2.90. The molecular formula is C38H52N8O6. The van der Waals surface area contributed by atoms with E-state index in [0.717, 1.165) is 50.6 Å². The summed E-state index contributed by atoms with van der Waals surface area (Å²) >= 11 is 0. The molecule has 2 aliphatic heterocycles. The zero-order valence-corrected chi connectivity index (χ0v) is 30.4. The van der Waals surface area contributed by atoms with E-state index in [0.29, 0.717) is 24.4 Å². The number of aliphatic hydroxyl groups excluding tert-OH is 1. The van der Waals surface area contributed by atoms with Gasteiger partial charge in [-0.25, -0.2) is 0 Å².